The Kier molecular flexibility index (Phi) is 6.31. The molecule has 0 aliphatic rings. The number of nitrogens with one attached hydrogen (secondary N) is 2. The van der Waals surface area contributed by atoms with Gasteiger partial charge < -0.3 is 15.4 Å². The fourth-order valence-corrected chi connectivity index (χ4v) is 2.08. The number of carbonyl (C=O) groups excluding carboxylic acids is 2. The summed E-state index contributed by atoms with van der Waals surface area (Å²) in [6.45, 7) is 2.71. The van der Waals surface area contributed by atoms with Crippen molar-refractivity contribution >= 4 is 23.3 Å². The second-order valence-electron chi connectivity index (χ2n) is 5.23. The molecule has 6 nitrogen and oxygen atoms in total. The summed E-state index contributed by atoms with van der Waals surface area (Å²) >= 11 is 0. The second kappa shape index (κ2) is 8.67. The minimum absolute atomic E-state index is 0.187. The molecule has 2 N–H and O–H groups in total. The highest BCUT2D eigenvalue weighted by molar-refractivity contribution is 5.93. The van der Waals surface area contributed by atoms with Gasteiger partial charge in [0, 0.05) is 24.1 Å². The highest BCUT2D eigenvalue weighted by Gasteiger charge is 2.08. The average Bonchev–Trinajstić information content (AvgIpc) is 2.62. The van der Waals surface area contributed by atoms with Crippen LogP contribution in [0.1, 0.15) is 40.6 Å². The Balaban J connectivity index is 2.03. The SMILES string of the molecule is CCCCNC(=O)c1cc(Nc2ccc(C(=O)OC)cc2)ccn1. The maximum atomic E-state index is 12.0. The van der Waals surface area contributed by atoms with Gasteiger partial charge in [0.05, 0.1) is 12.7 Å². The van der Waals surface area contributed by atoms with Crippen LogP contribution in [0.25, 0.3) is 0 Å². The van der Waals surface area contributed by atoms with Crippen molar-refractivity contribution in [2.24, 2.45) is 0 Å². The molecule has 24 heavy (non-hydrogen) atoms. The lowest BCUT2D eigenvalue weighted by Gasteiger charge is -2.09. The number of ether oxygens (including phenoxy) is 1. The maximum Gasteiger partial charge on any atom is 0.337 e. The van der Waals surface area contributed by atoms with Gasteiger partial charge >= 0.3 is 5.97 Å². The second-order valence-corrected chi connectivity index (χ2v) is 5.23. The molecule has 0 saturated carbocycles. The van der Waals surface area contributed by atoms with Gasteiger partial charge in [-0.15, -0.1) is 0 Å². The van der Waals surface area contributed by atoms with Crippen LogP contribution in [0.3, 0.4) is 0 Å². The number of aromatic nitrogens is 1. The van der Waals surface area contributed by atoms with Crippen LogP contribution >= 0.6 is 0 Å². The molecular formula is C18H21N3O3. The van der Waals surface area contributed by atoms with Crippen molar-refractivity contribution in [2.45, 2.75) is 19.8 Å². The van der Waals surface area contributed by atoms with Gasteiger partial charge in [-0.3, -0.25) is 9.78 Å². The molecule has 2 aromatic rings. The zero-order chi connectivity index (χ0) is 17.4. The highest BCUT2D eigenvalue weighted by atomic mass is 16.5. The first-order chi connectivity index (χ1) is 11.6. The minimum Gasteiger partial charge on any atom is -0.465 e. The standard InChI is InChI=1S/C18H21N3O3/c1-3-4-10-20-17(22)16-12-15(9-11-19-16)21-14-7-5-13(6-8-14)18(23)24-2/h5-9,11-12H,3-4,10H2,1-2H3,(H,19,21)(H,20,22). The molecule has 0 atom stereocenters. The number of anilines is 2. The van der Waals surface area contributed by atoms with Crippen molar-refractivity contribution in [1.82, 2.24) is 10.3 Å². The molecule has 2 rings (SSSR count). The molecular weight excluding hydrogens is 306 g/mol. The summed E-state index contributed by atoms with van der Waals surface area (Å²) in [5, 5.41) is 6.02. The van der Waals surface area contributed by atoms with Crippen LogP contribution in [0.5, 0.6) is 0 Å². The van der Waals surface area contributed by atoms with Gasteiger partial charge in [-0.1, -0.05) is 13.3 Å². The van der Waals surface area contributed by atoms with Crippen LogP contribution in [0.4, 0.5) is 11.4 Å². The van der Waals surface area contributed by atoms with Gasteiger partial charge in [0.1, 0.15) is 5.69 Å². The molecule has 0 saturated heterocycles. The summed E-state index contributed by atoms with van der Waals surface area (Å²) in [5.74, 6) is -0.565. The first kappa shape index (κ1) is 17.5. The van der Waals surface area contributed by atoms with E-state index in [0.29, 0.717) is 17.8 Å². The lowest BCUT2D eigenvalue weighted by molar-refractivity contribution is 0.0600. The molecule has 0 aliphatic heterocycles. The Hall–Kier alpha value is -2.89. The normalized spacial score (nSPS) is 10.1. The fourth-order valence-electron chi connectivity index (χ4n) is 2.08. The summed E-state index contributed by atoms with van der Waals surface area (Å²) in [4.78, 5) is 27.5. The average molecular weight is 327 g/mol. The molecule has 1 heterocycles. The predicted molar refractivity (Wildman–Crippen MR) is 92.5 cm³/mol. The Morgan fingerprint density at radius 2 is 1.88 bits per heavy atom. The first-order valence-electron chi connectivity index (χ1n) is 7.83. The van der Waals surface area contributed by atoms with E-state index >= 15 is 0 Å². The van der Waals surface area contributed by atoms with E-state index in [0.717, 1.165) is 24.2 Å². The summed E-state index contributed by atoms with van der Waals surface area (Å²) in [6.07, 6.45) is 3.55. The summed E-state index contributed by atoms with van der Waals surface area (Å²) < 4.78 is 4.66. The summed E-state index contributed by atoms with van der Waals surface area (Å²) in [5.41, 5.74) is 2.39. The zero-order valence-corrected chi connectivity index (χ0v) is 13.8. The van der Waals surface area contributed by atoms with E-state index in [1.54, 1.807) is 42.6 Å². The third-order valence-electron chi connectivity index (χ3n) is 3.40. The molecule has 0 bridgehead atoms. The number of methoxy groups -OCH3 is 1. The first-order valence-corrected chi connectivity index (χ1v) is 7.83. The fraction of sp³-hybridized carbons (Fsp3) is 0.278. The van der Waals surface area contributed by atoms with Crippen molar-refractivity contribution in [1.29, 1.82) is 0 Å². The van der Waals surface area contributed by atoms with E-state index in [9.17, 15) is 9.59 Å². The molecule has 6 heteroatoms. The van der Waals surface area contributed by atoms with Gasteiger partial charge in [-0.2, -0.15) is 0 Å². The van der Waals surface area contributed by atoms with Gasteiger partial charge in [0.2, 0.25) is 0 Å². The van der Waals surface area contributed by atoms with Gasteiger partial charge in [-0.25, -0.2) is 4.79 Å². The third-order valence-corrected chi connectivity index (χ3v) is 3.40. The maximum absolute atomic E-state index is 12.0. The molecule has 0 spiro atoms. The molecule has 1 amide bonds. The topological polar surface area (TPSA) is 80.3 Å². The van der Waals surface area contributed by atoms with Crippen LogP contribution in [0, 0.1) is 0 Å². The third kappa shape index (κ3) is 4.81. The van der Waals surface area contributed by atoms with E-state index < -0.39 is 0 Å². The Morgan fingerprint density at radius 1 is 1.12 bits per heavy atom. The molecule has 126 valence electrons. The van der Waals surface area contributed by atoms with Gasteiger partial charge in [0.15, 0.2) is 0 Å². The number of carbonyl (C=O) groups is 2. The summed E-state index contributed by atoms with van der Waals surface area (Å²) in [7, 11) is 1.35. The lowest BCUT2D eigenvalue weighted by Crippen LogP contribution is -2.25. The summed E-state index contributed by atoms with van der Waals surface area (Å²) in [6, 6.07) is 10.4. The number of rotatable bonds is 7. The van der Waals surface area contributed by atoms with Crippen molar-refractivity contribution in [3.8, 4) is 0 Å². The molecule has 0 radical (unpaired) electrons. The van der Waals surface area contributed by atoms with Crippen LogP contribution < -0.4 is 10.6 Å². The molecule has 0 fully saturated rings. The van der Waals surface area contributed by atoms with E-state index in [4.69, 9.17) is 0 Å². The van der Waals surface area contributed by atoms with Crippen molar-refractivity contribution < 1.29 is 14.3 Å². The molecule has 1 aromatic carbocycles. The highest BCUT2D eigenvalue weighted by Crippen LogP contribution is 2.17. The predicted octanol–water partition coefficient (Wildman–Crippen LogP) is 3.14. The van der Waals surface area contributed by atoms with Crippen LogP contribution in [0.15, 0.2) is 42.6 Å². The van der Waals surface area contributed by atoms with Crippen molar-refractivity contribution in [3.63, 3.8) is 0 Å². The minimum atomic E-state index is -0.378. The Morgan fingerprint density at radius 3 is 2.54 bits per heavy atom. The molecule has 1 aromatic heterocycles. The van der Waals surface area contributed by atoms with Crippen LogP contribution in [0.2, 0.25) is 0 Å². The number of hydrogen-bond donors (Lipinski definition) is 2. The number of unbranched alkanes of at least 4 members (excludes halogenated alkanes) is 1. The van der Waals surface area contributed by atoms with E-state index in [2.05, 4.69) is 27.3 Å². The van der Waals surface area contributed by atoms with Crippen molar-refractivity contribution in [2.75, 3.05) is 19.0 Å². The van der Waals surface area contributed by atoms with Crippen LogP contribution in [-0.4, -0.2) is 30.5 Å². The monoisotopic (exact) mass is 327 g/mol. The number of pyridine rings is 1. The van der Waals surface area contributed by atoms with Crippen molar-refractivity contribution in [3.05, 3.63) is 53.9 Å². The Bertz CT molecular complexity index is 699. The number of amides is 1. The number of hydrogen-bond acceptors (Lipinski definition) is 5. The van der Waals surface area contributed by atoms with Crippen LogP contribution in [-0.2, 0) is 4.74 Å². The molecule has 0 unspecified atom stereocenters. The quantitative estimate of drug-likeness (QED) is 0.603. The van der Waals surface area contributed by atoms with E-state index in [-0.39, 0.29) is 11.9 Å². The number of nitrogens with zero attached hydrogens (tertiary/aromatic N) is 1. The zero-order valence-electron chi connectivity index (χ0n) is 13.8. The lowest BCUT2D eigenvalue weighted by atomic mass is 10.2. The Labute approximate surface area is 141 Å². The van der Waals surface area contributed by atoms with E-state index in [1.165, 1.54) is 7.11 Å². The smallest absolute Gasteiger partial charge is 0.337 e. The van der Waals surface area contributed by atoms with Gasteiger partial charge in [0.25, 0.3) is 5.91 Å². The number of esters is 1. The largest absolute Gasteiger partial charge is 0.465 e. The van der Waals surface area contributed by atoms with E-state index in [1.807, 2.05) is 0 Å². The number of benzene rings is 1. The van der Waals surface area contributed by atoms with Gasteiger partial charge in [-0.05, 0) is 42.8 Å². The molecule has 0 aliphatic carbocycles.